The van der Waals surface area contributed by atoms with Gasteiger partial charge in [0, 0.05) is 0 Å². The summed E-state index contributed by atoms with van der Waals surface area (Å²) in [5, 5.41) is 43.9. The number of rotatable bonds is 51. The minimum Gasteiger partial charge on any atom is -0.394 e. The molecule has 0 spiro atoms. The molecular formula is C55H109NO5. The standard InChI is InChI=1S/C55H109NO5/c1-3-5-7-9-11-13-15-17-19-21-23-25-26-27-28-29-31-33-35-37-39-41-43-45-47-49-53(59)55(61)56-51(50-57)54(60)52(58)48-46-44-42-40-38-36-34-32-30-24-22-20-18-16-14-12-10-8-6-4-2/h40,42,51-54,57-60H,3-39,41,43-50H2,1-2H3,(H,56,61)/b42-40+. The van der Waals surface area contributed by atoms with Gasteiger partial charge >= 0.3 is 0 Å². The molecule has 0 saturated heterocycles. The van der Waals surface area contributed by atoms with Crippen molar-refractivity contribution in [3.63, 3.8) is 0 Å². The smallest absolute Gasteiger partial charge is 0.249 e. The van der Waals surface area contributed by atoms with E-state index in [2.05, 4.69) is 31.3 Å². The van der Waals surface area contributed by atoms with Gasteiger partial charge in [0.05, 0.1) is 18.8 Å². The molecule has 0 radical (unpaired) electrons. The monoisotopic (exact) mass is 864 g/mol. The van der Waals surface area contributed by atoms with Gasteiger partial charge in [0.15, 0.2) is 0 Å². The van der Waals surface area contributed by atoms with Crippen LogP contribution >= 0.6 is 0 Å². The zero-order valence-electron chi connectivity index (χ0n) is 41.2. The molecule has 0 aromatic heterocycles. The topological polar surface area (TPSA) is 110 Å². The van der Waals surface area contributed by atoms with Crippen LogP contribution in [0.3, 0.4) is 0 Å². The Bertz CT molecular complexity index is 882. The minimum atomic E-state index is -1.28. The number of hydrogen-bond donors (Lipinski definition) is 5. The summed E-state index contributed by atoms with van der Waals surface area (Å²) < 4.78 is 0. The molecule has 6 heteroatoms. The molecule has 5 N–H and O–H groups in total. The Hall–Kier alpha value is -0.950. The van der Waals surface area contributed by atoms with Crippen molar-refractivity contribution in [2.24, 2.45) is 0 Å². The van der Waals surface area contributed by atoms with E-state index in [1.54, 1.807) is 0 Å². The van der Waals surface area contributed by atoms with Crippen molar-refractivity contribution in [2.75, 3.05) is 6.61 Å². The summed E-state index contributed by atoms with van der Waals surface area (Å²) >= 11 is 0. The number of aliphatic hydroxyl groups is 4. The fourth-order valence-electron chi connectivity index (χ4n) is 8.88. The Kier molecular flexibility index (Phi) is 49.3. The number of unbranched alkanes of at least 4 members (excludes halogenated alkanes) is 40. The maximum atomic E-state index is 12.6. The first-order chi connectivity index (χ1) is 30.0. The van der Waals surface area contributed by atoms with Gasteiger partial charge < -0.3 is 25.7 Å². The lowest BCUT2D eigenvalue weighted by Crippen LogP contribution is -2.53. The average Bonchev–Trinajstić information content (AvgIpc) is 3.26. The fraction of sp³-hybridized carbons (Fsp3) is 0.945. The third kappa shape index (κ3) is 44.1. The Morgan fingerprint density at radius 2 is 0.672 bits per heavy atom. The number of carbonyl (C=O) groups is 1. The molecule has 6 nitrogen and oxygen atoms in total. The molecule has 61 heavy (non-hydrogen) atoms. The van der Waals surface area contributed by atoms with Crippen LogP contribution < -0.4 is 5.32 Å². The molecule has 0 saturated carbocycles. The average molecular weight is 864 g/mol. The lowest BCUT2D eigenvalue weighted by Gasteiger charge is -2.27. The first-order valence-electron chi connectivity index (χ1n) is 27.6. The van der Waals surface area contributed by atoms with E-state index in [1.807, 2.05) is 0 Å². The Balaban J connectivity index is 3.63. The highest BCUT2D eigenvalue weighted by Gasteiger charge is 2.28. The number of amides is 1. The number of carbonyl (C=O) groups excluding carboxylic acids is 1. The molecule has 0 heterocycles. The lowest BCUT2D eigenvalue weighted by atomic mass is 10.00. The molecule has 0 aliphatic rings. The maximum Gasteiger partial charge on any atom is 0.249 e. The van der Waals surface area contributed by atoms with Crippen molar-refractivity contribution in [2.45, 2.75) is 327 Å². The molecule has 0 bridgehead atoms. The zero-order valence-corrected chi connectivity index (χ0v) is 41.2. The molecule has 0 aliphatic heterocycles. The highest BCUT2D eigenvalue weighted by molar-refractivity contribution is 5.80. The van der Waals surface area contributed by atoms with E-state index in [4.69, 9.17) is 0 Å². The van der Waals surface area contributed by atoms with Gasteiger partial charge in [-0.3, -0.25) is 4.79 Å². The molecule has 0 rings (SSSR count). The van der Waals surface area contributed by atoms with Crippen molar-refractivity contribution in [3.8, 4) is 0 Å². The van der Waals surface area contributed by atoms with Crippen LogP contribution in [0.25, 0.3) is 0 Å². The van der Waals surface area contributed by atoms with Gasteiger partial charge in [0.2, 0.25) is 5.91 Å². The van der Waals surface area contributed by atoms with E-state index in [0.717, 1.165) is 38.5 Å². The fourth-order valence-corrected chi connectivity index (χ4v) is 8.88. The highest BCUT2D eigenvalue weighted by atomic mass is 16.3. The number of hydrogen-bond acceptors (Lipinski definition) is 5. The third-order valence-corrected chi connectivity index (χ3v) is 13.2. The summed E-state index contributed by atoms with van der Waals surface area (Å²) in [7, 11) is 0. The number of allylic oxidation sites excluding steroid dienone is 2. The SMILES string of the molecule is CCCCCCCCCCCCCCCCC/C=C/CCCC(O)C(O)C(CO)NC(=O)C(O)CCCCCCCCCCCCCCCCCCCCCCCCCCC. The van der Waals surface area contributed by atoms with Crippen molar-refractivity contribution in [1.29, 1.82) is 0 Å². The molecule has 4 atom stereocenters. The normalized spacial score (nSPS) is 13.9. The van der Waals surface area contributed by atoms with Crippen molar-refractivity contribution < 1.29 is 25.2 Å². The first-order valence-corrected chi connectivity index (χ1v) is 27.6. The quantitative estimate of drug-likeness (QED) is 0.0309. The van der Waals surface area contributed by atoms with Gasteiger partial charge in [0.1, 0.15) is 12.2 Å². The summed E-state index contributed by atoms with van der Waals surface area (Å²) in [5.41, 5.74) is 0. The van der Waals surface area contributed by atoms with Gasteiger partial charge in [0.25, 0.3) is 0 Å². The summed E-state index contributed by atoms with van der Waals surface area (Å²) in [5.74, 6) is -0.587. The predicted octanol–water partition coefficient (Wildman–Crippen LogP) is 15.7. The number of nitrogens with one attached hydrogen (secondary N) is 1. The number of aliphatic hydroxyl groups excluding tert-OH is 4. The Labute approximate surface area is 381 Å². The molecule has 4 unspecified atom stereocenters. The summed E-state index contributed by atoms with van der Waals surface area (Å²) in [6, 6.07) is -0.998. The van der Waals surface area contributed by atoms with Gasteiger partial charge in [-0.1, -0.05) is 276 Å². The zero-order chi connectivity index (χ0) is 44.5. The third-order valence-electron chi connectivity index (χ3n) is 13.2. The van der Waals surface area contributed by atoms with Gasteiger partial charge in [-0.15, -0.1) is 0 Å². The second-order valence-electron chi connectivity index (χ2n) is 19.3. The molecule has 0 aliphatic carbocycles. The van der Waals surface area contributed by atoms with Gasteiger partial charge in [-0.2, -0.15) is 0 Å². The molecular weight excluding hydrogens is 755 g/mol. The molecule has 0 fully saturated rings. The first kappa shape index (κ1) is 60.1. The van der Waals surface area contributed by atoms with E-state index in [-0.39, 0.29) is 0 Å². The Morgan fingerprint density at radius 1 is 0.393 bits per heavy atom. The Morgan fingerprint density at radius 3 is 0.984 bits per heavy atom. The molecule has 0 aromatic rings. The lowest BCUT2D eigenvalue weighted by molar-refractivity contribution is -0.132. The largest absolute Gasteiger partial charge is 0.394 e. The molecule has 1 amide bonds. The van der Waals surface area contributed by atoms with E-state index < -0.39 is 36.9 Å². The van der Waals surface area contributed by atoms with Gasteiger partial charge in [-0.25, -0.2) is 0 Å². The van der Waals surface area contributed by atoms with Crippen molar-refractivity contribution >= 4 is 5.91 Å². The van der Waals surface area contributed by atoms with E-state index in [1.165, 1.54) is 238 Å². The highest BCUT2D eigenvalue weighted by Crippen LogP contribution is 2.18. The van der Waals surface area contributed by atoms with Crippen LogP contribution in [0.5, 0.6) is 0 Å². The summed E-state index contributed by atoms with van der Waals surface area (Å²) in [6.45, 7) is 4.08. The second kappa shape index (κ2) is 50.1. The minimum absolute atomic E-state index is 0.369. The van der Waals surface area contributed by atoms with Crippen LogP contribution in [0.4, 0.5) is 0 Å². The summed E-state index contributed by atoms with van der Waals surface area (Å²) in [6.07, 6.45) is 58.5. The molecule has 0 aromatic carbocycles. The summed E-state index contributed by atoms with van der Waals surface area (Å²) in [4.78, 5) is 12.6. The van der Waals surface area contributed by atoms with Crippen LogP contribution in [-0.2, 0) is 4.79 Å². The van der Waals surface area contributed by atoms with Crippen LogP contribution in [0.2, 0.25) is 0 Å². The van der Waals surface area contributed by atoms with E-state index >= 15 is 0 Å². The van der Waals surface area contributed by atoms with Crippen LogP contribution in [0, 0.1) is 0 Å². The van der Waals surface area contributed by atoms with Crippen LogP contribution in [-0.4, -0.2) is 57.3 Å². The van der Waals surface area contributed by atoms with Crippen LogP contribution in [0.15, 0.2) is 12.2 Å². The van der Waals surface area contributed by atoms with E-state index in [0.29, 0.717) is 12.8 Å². The predicted molar refractivity (Wildman–Crippen MR) is 265 cm³/mol. The van der Waals surface area contributed by atoms with Gasteiger partial charge in [-0.05, 0) is 38.5 Å². The van der Waals surface area contributed by atoms with E-state index in [9.17, 15) is 25.2 Å². The van der Waals surface area contributed by atoms with Crippen LogP contribution in [0.1, 0.15) is 303 Å². The maximum absolute atomic E-state index is 12.6. The second-order valence-corrected chi connectivity index (χ2v) is 19.3. The van der Waals surface area contributed by atoms with Crippen molar-refractivity contribution in [1.82, 2.24) is 5.32 Å². The van der Waals surface area contributed by atoms with Crippen molar-refractivity contribution in [3.05, 3.63) is 12.2 Å². The molecule has 364 valence electrons.